The smallest absolute Gasteiger partial charge is 0.0972 e. The van der Waals surface area contributed by atoms with E-state index in [0.29, 0.717) is 0 Å². The van der Waals surface area contributed by atoms with Crippen LogP contribution in [0, 0.1) is 0 Å². The average Bonchev–Trinajstić information content (AvgIpc) is 0.784. The lowest BCUT2D eigenvalue weighted by molar-refractivity contribution is 1.37. The molecular weight excluding hydrogens is 1270 g/mol. The Bertz CT molecular complexity index is 7070. The Morgan fingerprint density at radius 1 is 0.154 bits per heavy atom. The lowest BCUT2D eigenvalue weighted by atomic mass is 9.95. The molecule has 0 atom stereocenters. The summed E-state index contributed by atoms with van der Waals surface area (Å²) in [6.07, 6.45) is 9.16. The minimum atomic E-state index is 0.914. The number of hydrogen-bond acceptors (Lipinski definition) is 10. The van der Waals surface area contributed by atoms with Gasteiger partial charge in [0.1, 0.15) is 0 Å². The summed E-state index contributed by atoms with van der Waals surface area (Å²) < 4.78 is 0. The molecule has 482 valence electrons. The molecule has 0 bridgehead atoms. The van der Waals surface area contributed by atoms with Crippen molar-refractivity contribution >= 4 is 120 Å². The molecule has 11 aromatic carbocycles. The molecule has 21 aromatic rings. The highest BCUT2D eigenvalue weighted by Gasteiger charge is 2.18. The predicted molar refractivity (Wildman–Crippen MR) is 427 cm³/mol. The predicted octanol–water partition coefficient (Wildman–Crippen LogP) is 23.3. The third-order valence-corrected chi connectivity index (χ3v) is 20.1. The van der Waals surface area contributed by atoms with Crippen molar-refractivity contribution in [2.45, 2.75) is 0 Å². The first-order valence-corrected chi connectivity index (χ1v) is 34.7. The Morgan fingerprint density at radius 2 is 0.519 bits per heavy atom. The van der Waals surface area contributed by atoms with Gasteiger partial charge < -0.3 is 0 Å². The van der Waals surface area contributed by atoms with Gasteiger partial charge in [0.25, 0.3) is 0 Å². The summed E-state index contributed by atoms with van der Waals surface area (Å²) in [5.41, 5.74) is 26.1. The summed E-state index contributed by atoms with van der Waals surface area (Å²) in [4.78, 5) is 48.8. The number of rotatable bonds is 8. The first kappa shape index (κ1) is 59.8. The van der Waals surface area contributed by atoms with E-state index < -0.39 is 0 Å². The molecule has 10 aromatic heterocycles. The van der Waals surface area contributed by atoms with Gasteiger partial charge in [-0.05, 0) is 147 Å². The van der Waals surface area contributed by atoms with Crippen molar-refractivity contribution in [2.24, 2.45) is 0 Å². The van der Waals surface area contributed by atoms with Gasteiger partial charge >= 0.3 is 0 Å². The van der Waals surface area contributed by atoms with Gasteiger partial charge in [0.05, 0.1) is 83.6 Å². The molecule has 0 aliphatic rings. The minimum absolute atomic E-state index is 0.914. The van der Waals surface area contributed by atoms with Gasteiger partial charge in [0, 0.05) is 113 Å². The average molecular weight is 1330 g/mol. The van der Waals surface area contributed by atoms with E-state index in [-0.39, 0.29) is 0 Å². The Morgan fingerprint density at radius 3 is 1.10 bits per heavy atom. The third-order valence-electron chi connectivity index (χ3n) is 20.1. The molecule has 0 spiro atoms. The molecule has 0 amide bonds. The van der Waals surface area contributed by atoms with E-state index in [0.717, 1.165) is 209 Å². The molecule has 0 saturated heterocycles. The van der Waals surface area contributed by atoms with Crippen molar-refractivity contribution in [3.8, 4) is 89.7 Å². The zero-order valence-electron chi connectivity index (χ0n) is 55.8. The first-order valence-electron chi connectivity index (χ1n) is 34.7. The second-order valence-corrected chi connectivity index (χ2v) is 26.3. The molecule has 10 nitrogen and oxygen atoms in total. The van der Waals surface area contributed by atoms with Crippen LogP contribution in [0.2, 0.25) is 0 Å². The number of fused-ring (bicyclic) bond motifs is 13. The highest BCUT2D eigenvalue weighted by Crippen LogP contribution is 2.40. The van der Waals surface area contributed by atoms with Crippen molar-refractivity contribution in [1.29, 1.82) is 0 Å². The fourth-order valence-corrected chi connectivity index (χ4v) is 14.9. The molecule has 0 saturated carbocycles. The van der Waals surface area contributed by atoms with Gasteiger partial charge in [-0.25, -0.2) is 24.9 Å². The van der Waals surface area contributed by atoms with Crippen LogP contribution in [-0.2, 0) is 0 Å². The molecule has 21 rings (SSSR count). The van der Waals surface area contributed by atoms with Gasteiger partial charge in [0.2, 0.25) is 0 Å². The van der Waals surface area contributed by atoms with Crippen LogP contribution in [-0.4, -0.2) is 49.8 Å². The number of para-hydroxylation sites is 2. The van der Waals surface area contributed by atoms with Crippen molar-refractivity contribution in [1.82, 2.24) is 49.8 Å². The highest BCUT2D eigenvalue weighted by molar-refractivity contribution is 6.11. The van der Waals surface area contributed by atoms with Crippen LogP contribution in [0.15, 0.2) is 340 Å². The van der Waals surface area contributed by atoms with E-state index in [1.165, 1.54) is 0 Å². The van der Waals surface area contributed by atoms with Gasteiger partial charge in [0.15, 0.2) is 0 Å². The molecule has 10 heteroatoms. The van der Waals surface area contributed by atoms with Crippen molar-refractivity contribution in [3.05, 3.63) is 340 Å². The van der Waals surface area contributed by atoms with Gasteiger partial charge in [-0.3, -0.25) is 24.9 Å². The lowest BCUT2D eigenvalue weighted by Gasteiger charge is -2.13. The number of hydrogen-bond donors (Lipinski definition) is 0. The maximum Gasteiger partial charge on any atom is 0.0972 e. The van der Waals surface area contributed by atoms with Gasteiger partial charge in [-0.15, -0.1) is 0 Å². The lowest BCUT2D eigenvalue weighted by Crippen LogP contribution is -1.92. The van der Waals surface area contributed by atoms with E-state index in [4.69, 9.17) is 24.9 Å². The van der Waals surface area contributed by atoms with Crippen LogP contribution in [0.1, 0.15) is 0 Å². The molecule has 0 aliphatic carbocycles. The van der Waals surface area contributed by atoms with Gasteiger partial charge in [-0.2, -0.15) is 0 Å². The maximum atomic E-state index is 5.19. The fourth-order valence-electron chi connectivity index (χ4n) is 14.9. The number of benzene rings is 11. The summed E-state index contributed by atoms with van der Waals surface area (Å²) in [7, 11) is 0. The Hall–Kier alpha value is -14.2. The number of nitrogens with zero attached hydrogens (tertiary/aromatic N) is 10. The van der Waals surface area contributed by atoms with E-state index in [1.54, 1.807) is 0 Å². The summed E-state index contributed by atoms with van der Waals surface area (Å²) in [5.74, 6) is 0. The van der Waals surface area contributed by atoms with Crippen molar-refractivity contribution in [3.63, 3.8) is 0 Å². The second kappa shape index (κ2) is 24.9. The third kappa shape index (κ3) is 10.7. The Kier molecular flexibility index (Phi) is 14.3. The molecule has 10 heterocycles. The summed E-state index contributed by atoms with van der Waals surface area (Å²) in [6.45, 7) is 0. The van der Waals surface area contributed by atoms with Crippen LogP contribution in [0.4, 0.5) is 0 Å². The monoisotopic (exact) mass is 1320 g/mol. The van der Waals surface area contributed by atoms with E-state index in [1.807, 2.05) is 61.3 Å². The summed E-state index contributed by atoms with van der Waals surface area (Å²) >= 11 is 0. The molecule has 0 N–H and O–H groups in total. The number of aromatic nitrogens is 10. The highest BCUT2D eigenvalue weighted by atomic mass is 14.8. The normalized spacial score (nSPS) is 11.7. The fraction of sp³-hybridized carbons (Fsp3) is 0. The summed E-state index contributed by atoms with van der Waals surface area (Å²) in [6, 6.07) is 108. The van der Waals surface area contributed by atoms with Crippen LogP contribution in [0.3, 0.4) is 0 Å². The topological polar surface area (TPSA) is 129 Å². The summed E-state index contributed by atoms with van der Waals surface area (Å²) in [5, 5.41) is 13.2. The van der Waals surface area contributed by atoms with Crippen LogP contribution < -0.4 is 0 Å². The van der Waals surface area contributed by atoms with Crippen LogP contribution >= 0.6 is 0 Å². The minimum Gasteiger partial charge on any atom is -0.256 e. The standard InChI is InChI=1S/C49H29N5.C45H27N5/c1-2-10-38-37(9-1)39(20-21-40(38)44-24-17-33-14-13-32-8-5-27-51-48(32)49(33)54-44)43-25-19-36-28-34(18-22-42(36)52-43)35-15-12-30-16-23-45(53-46(30)29-35)41-11-3-6-31-7-4-26-50-47(31)41;1-5-31-6-2-22-46-43(31)37(8-1)41-21-16-30-14-15-33(27-42(30)50-41)32-17-19-40-34(25-32)18-20-39(49-40)29-12-10-28(11-13-29)38-26-35-7-3-23-47-44(35)45-36(38)9-4-24-48-45/h1-29H;1-27H. The zero-order valence-corrected chi connectivity index (χ0v) is 55.8. The molecular formula is C94H56N10. The Labute approximate surface area is 596 Å². The quantitative estimate of drug-likeness (QED) is 0.136. The SMILES string of the molecule is c1cnc2c(-c3ccc4ccc(-c5ccc6nc(-c7ccc(-c8cc9cccnc9c9ncccc89)cc7)ccc6c5)cc4n3)cccc2c1.c1cnc2c(-c3ccc4ccc(-c5ccc6nc(-c7ccc(-c8ccc9ccc%10cccnc%10c9n8)c8ccccc78)ccc6c5)cc4n3)cccc2c1. The van der Waals surface area contributed by atoms with E-state index >= 15 is 0 Å². The molecule has 0 aliphatic heterocycles. The second-order valence-electron chi connectivity index (χ2n) is 26.3. The molecule has 0 fully saturated rings. The Balaban J connectivity index is 0.000000139. The first-order chi connectivity index (χ1) is 51.5. The molecule has 0 unspecified atom stereocenters. The molecule has 104 heavy (non-hydrogen) atoms. The van der Waals surface area contributed by atoms with E-state index in [2.05, 4.69) is 304 Å². The molecule has 0 radical (unpaired) electrons. The van der Waals surface area contributed by atoms with Gasteiger partial charge in [-0.1, -0.05) is 206 Å². The van der Waals surface area contributed by atoms with Crippen LogP contribution in [0.25, 0.3) is 209 Å². The maximum absolute atomic E-state index is 5.19. The van der Waals surface area contributed by atoms with Crippen molar-refractivity contribution < 1.29 is 0 Å². The zero-order chi connectivity index (χ0) is 68.6. The van der Waals surface area contributed by atoms with Crippen molar-refractivity contribution in [2.75, 3.05) is 0 Å². The largest absolute Gasteiger partial charge is 0.256 e. The van der Waals surface area contributed by atoms with E-state index in [9.17, 15) is 0 Å². The van der Waals surface area contributed by atoms with Crippen LogP contribution in [0.5, 0.6) is 0 Å². The number of pyridine rings is 10.